The van der Waals surface area contributed by atoms with Crippen molar-refractivity contribution in [2.75, 3.05) is 0 Å². The first-order chi connectivity index (χ1) is 10.7. The lowest BCUT2D eigenvalue weighted by Crippen LogP contribution is -2.11. The number of rotatable bonds is 4. The highest BCUT2D eigenvalue weighted by molar-refractivity contribution is 6.31. The van der Waals surface area contributed by atoms with Crippen molar-refractivity contribution in [3.05, 3.63) is 88.5 Å². The fourth-order valence-corrected chi connectivity index (χ4v) is 2.77. The second-order valence-electron chi connectivity index (χ2n) is 5.23. The monoisotopic (exact) mass is 312 g/mol. The minimum absolute atomic E-state index is 0.556. The summed E-state index contributed by atoms with van der Waals surface area (Å²) in [5, 5.41) is 11.3. The van der Waals surface area contributed by atoms with Gasteiger partial charge in [0.2, 0.25) is 0 Å². The van der Waals surface area contributed by atoms with Crippen LogP contribution >= 0.6 is 11.6 Å². The molecule has 3 nitrogen and oxygen atoms in total. The quantitative estimate of drug-likeness (QED) is 0.791. The van der Waals surface area contributed by atoms with E-state index in [1.165, 1.54) is 0 Å². The third-order valence-corrected chi connectivity index (χ3v) is 4.09. The Balaban J connectivity index is 1.97. The molecule has 0 saturated heterocycles. The van der Waals surface area contributed by atoms with Gasteiger partial charge in [0, 0.05) is 17.1 Å². The average molecular weight is 313 g/mol. The van der Waals surface area contributed by atoms with Crippen LogP contribution in [0.1, 0.15) is 28.7 Å². The number of halogens is 1. The maximum absolute atomic E-state index is 10.7. The average Bonchev–Trinajstić information content (AvgIpc) is 2.89. The molecule has 22 heavy (non-hydrogen) atoms. The van der Waals surface area contributed by atoms with Crippen LogP contribution in [0.4, 0.5) is 0 Å². The summed E-state index contributed by atoms with van der Waals surface area (Å²) in [6.07, 6.45) is 0.922. The van der Waals surface area contributed by atoms with E-state index in [4.69, 9.17) is 11.6 Å². The molecule has 0 spiro atoms. The molecule has 0 amide bonds. The molecule has 0 fully saturated rings. The molecule has 0 radical (unpaired) electrons. The van der Waals surface area contributed by atoms with Gasteiger partial charge in [-0.25, -0.2) is 4.98 Å². The number of benzene rings is 2. The summed E-state index contributed by atoms with van der Waals surface area (Å²) >= 11 is 6.20. The summed E-state index contributed by atoms with van der Waals surface area (Å²) < 4.78 is 2.02. The zero-order chi connectivity index (χ0) is 15.5. The van der Waals surface area contributed by atoms with Gasteiger partial charge in [-0.2, -0.15) is 0 Å². The molecule has 4 heteroatoms. The Morgan fingerprint density at radius 2 is 1.77 bits per heavy atom. The van der Waals surface area contributed by atoms with E-state index >= 15 is 0 Å². The second-order valence-corrected chi connectivity index (χ2v) is 5.63. The largest absolute Gasteiger partial charge is 0.382 e. The number of imidazole rings is 1. The van der Waals surface area contributed by atoms with Crippen molar-refractivity contribution in [3.63, 3.8) is 0 Å². The van der Waals surface area contributed by atoms with E-state index in [2.05, 4.69) is 17.1 Å². The number of nitrogens with zero attached hydrogens (tertiary/aromatic N) is 2. The number of hydrogen-bond donors (Lipinski definition) is 1. The van der Waals surface area contributed by atoms with Crippen molar-refractivity contribution in [2.45, 2.75) is 19.6 Å². The van der Waals surface area contributed by atoms with E-state index < -0.39 is 6.10 Å². The molecule has 0 aliphatic heterocycles. The van der Waals surface area contributed by atoms with Crippen LogP contribution in [-0.2, 0) is 6.54 Å². The van der Waals surface area contributed by atoms with Crippen molar-refractivity contribution in [1.29, 1.82) is 0 Å². The van der Waals surface area contributed by atoms with Crippen LogP contribution in [0.3, 0.4) is 0 Å². The molecule has 1 unspecified atom stereocenters. The van der Waals surface area contributed by atoms with Gasteiger partial charge >= 0.3 is 0 Å². The van der Waals surface area contributed by atoms with E-state index in [9.17, 15) is 5.11 Å². The van der Waals surface area contributed by atoms with Crippen molar-refractivity contribution in [3.8, 4) is 0 Å². The summed E-state index contributed by atoms with van der Waals surface area (Å²) in [5.41, 5.74) is 2.60. The third-order valence-electron chi connectivity index (χ3n) is 3.75. The van der Waals surface area contributed by atoms with Gasteiger partial charge in [-0.15, -0.1) is 0 Å². The first-order valence-electron chi connectivity index (χ1n) is 7.15. The number of aromatic nitrogens is 2. The molecule has 3 rings (SSSR count). The minimum Gasteiger partial charge on any atom is -0.382 e. The van der Waals surface area contributed by atoms with Crippen LogP contribution < -0.4 is 0 Å². The Labute approximate surface area is 134 Å². The molecule has 112 valence electrons. The lowest BCUT2D eigenvalue weighted by Gasteiger charge is -2.16. The standard InChI is InChI=1S/C18H17ClN2O/c1-13-20-11-17(18(22)15-9-5-6-10-16(15)19)21(13)12-14-7-3-2-4-8-14/h2-11,18,22H,12H2,1H3. The smallest absolute Gasteiger partial charge is 0.122 e. The van der Waals surface area contributed by atoms with Gasteiger partial charge in [0.05, 0.1) is 11.9 Å². The molecule has 1 heterocycles. The Morgan fingerprint density at radius 3 is 2.50 bits per heavy atom. The number of hydrogen-bond acceptors (Lipinski definition) is 2. The predicted molar refractivity (Wildman–Crippen MR) is 88.0 cm³/mol. The maximum atomic E-state index is 10.7. The van der Waals surface area contributed by atoms with Gasteiger partial charge in [0.25, 0.3) is 0 Å². The molecule has 0 aliphatic carbocycles. The number of aliphatic hydroxyl groups excluding tert-OH is 1. The molecule has 2 aromatic carbocycles. The summed E-state index contributed by atoms with van der Waals surface area (Å²) in [7, 11) is 0. The zero-order valence-corrected chi connectivity index (χ0v) is 13.0. The molecule has 1 aromatic heterocycles. The van der Waals surface area contributed by atoms with E-state index in [0.29, 0.717) is 17.1 Å². The van der Waals surface area contributed by atoms with Crippen LogP contribution in [0, 0.1) is 6.92 Å². The molecular weight excluding hydrogens is 296 g/mol. The molecular formula is C18H17ClN2O. The number of aryl methyl sites for hydroxylation is 1. The summed E-state index contributed by atoms with van der Waals surface area (Å²) in [6.45, 7) is 2.61. The van der Waals surface area contributed by atoms with E-state index in [1.807, 2.05) is 47.9 Å². The Hall–Kier alpha value is -2.10. The first-order valence-corrected chi connectivity index (χ1v) is 7.53. The van der Waals surface area contributed by atoms with E-state index in [-0.39, 0.29) is 0 Å². The fraction of sp³-hybridized carbons (Fsp3) is 0.167. The lowest BCUT2D eigenvalue weighted by atomic mass is 10.1. The lowest BCUT2D eigenvalue weighted by molar-refractivity contribution is 0.210. The Kier molecular flexibility index (Phi) is 4.27. The van der Waals surface area contributed by atoms with Crippen LogP contribution in [-0.4, -0.2) is 14.7 Å². The topological polar surface area (TPSA) is 38.1 Å². The van der Waals surface area contributed by atoms with Crippen molar-refractivity contribution in [2.24, 2.45) is 0 Å². The minimum atomic E-state index is -0.793. The molecule has 0 saturated carbocycles. The van der Waals surface area contributed by atoms with Gasteiger partial charge in [-0.3, -0.25) is 0 Å². The van der Waals surface area contributed by atoms with Crippen molar-refractivity contribution < 1.29 is 5.11 Å². The third kappa shape index (κ3) is 2.91. The normalized spacial score (nSPS) is 12.3. The van der Waals surface area contributed by atoms with Gasteiger partial charge in [-0.05, 0) is 18.6 Å². The zero-order valence-electron chi connectivity index (χ0n) is 12.3. The molecule has 0 aliphatic rings. The Morgan fingerprint density at radius 1 is 1.09 bits per heavy atom. The van der Waals surface area contributed by atoms with E-state index in [1.54, 1.807) is 12.3 Å². The van der Waals surface area contributed by atoms with Gasteiger partial charge in [0.15, 0.2) is 0 Å². The highest BCUT2D eigenvalue weighted by Crippen LogP contribution is 2.28. The van der Waals surface area contributed by atoms with Gasteiger partial charge in [0.1, 0.15) is 11.9 Å². The fourth-order valence-electron chi connectivity index (χ4n) is 2.53. The molecule has 1 N–H and O–H groups in total. The molecule has 1 atom stereocenters. The molecule has 0 bridgehead atoms. The van der Waals surface area contributed by atoms with Gasteiger partial charge < -0.3 is 9.67 Å². The summed E-state index contributed by atoms with van der Waals surface area (Å²) in [6, 6.07) is 17.5. The summed E-state index contributed by atoms with van der Waals surface area (Å²) in [5.74, 6) is 0.866. The number of aliphatic hydroxyl groups is 1. The molecule has 3 aromatic rings. The van der Waals surface area contributed by atoms with Crippen LogP contribution in [0.2, 0.25) is 5.02 Å². The van der Waals surface area contributed by atoms with Crippen molar-refractivity contribution in [1.82, 2.24) is 9.55 Å². The SMILES string of the molecule is Cc1ncc(C(O)c2ccccc2Cl)n1Cc1ccccc1. The second kappa shape index (κ2) is 6.34. The summed E-state index contributed by atoms with van der Waals surface area (Å²) in [4.78, 5) is 4.35. The van der Waals surface area contributed by atoms with Gasteiger partial charge in [-0.1, -0.05) is 60.1 Å². The van der Waals surface area contributed by atoms with E-state index in [0.717, 1.165) is 17.1 Å². The first kappa shape index (κ1) is 14.8. The van der Waals surface area contributed by atoms with Crippen LogP contribution in [0.5, 0.6) is 0 Å². The van der Waals surface area contributed by atoms with Crippen LogP contribution in [0.25, 0.3) is 0 Å². The highest BCUT2D eigenvalue weighted by Gasteiger charge is 2.19. The van der Waals surface area contributed by atoms with Crippen molar-refractivity contribution >= 4 is 11.6 Å². The maximum Gasteiger partial charge on any atom is 0.122 e. The predicted octanol–water partition coefficient (Wildman–Crippen LogP) is 3.97. The van der Waals surface area contributed by atoms with Crippen LogP contribution in [0.15, 0.2) is 60.8 Å². The Bertz CT molecular complexity index is 768. The highest BCUT2D eigenvalue weighted by atomic mass is 35.5.